The predicted molar refractivity (Wildman–Crippen MR) is 177 cm³/mol. The van der Waals surface area contributed by atoms with E-state index in [4.69, 9.17) is 4.42 Å². The molecule has 7 aromatic carbocycles. The molecule has 0 aliphatic carbocycles. The maximum absolute atomic E-state index is 6.00. The minimum atomic E-state index is 0.919. The maximum Gasteiger partial charge on any atom is 0.135 e. The lowest BCUT2D eigenvalue weighted by atomic mass is 9.97. The Hall–Kier alpha value is -5.60. The number of fused-ring (bicyclic) bond motifs is 4. The summed E-state index contributed by atoms with van der Waals surface area (Å²) in [6.07, 6.45) is 0. The van der Waals surface area contributed by atoms with Gasteiger partial charge in [-0.05, 0) is 98.8 Å². The number of anilines is 2. The zero-order valence-corrected chi connectivity index (χ0v) is 22.9. The molecule has 0 aliphatic heterocycles. The largest absolute Gasteiger partial charge is 0.456 e. The van der Waals surface area contributed by atoms with Gasteiger partial charge >= 0.3 is 0 Å². The first-order chi connectivity index (χ1) is 20.8. The van der Waals surface area contributed by atoms with Crippen molar-refractivity contribution in [2.45, 2.75) is 0 Å². The molecule has 1 N–H and O–H groups in total. The second-order valence-electron chi connectivity index (χ2n) is 10.7. The zero-order chi connectivity index (χ0) is 27.9. The summed E-state index contributed by atoms with van der Waals surface area (Å²) >= 11 is 0. The smallest absolute Gasteiger partial charge is 0.135 e. The normalized spacial score (nSPS) is 11.3. The van der Waals surface area contributed by atoms with Gasteiger partial charge in [-0.3, -0.25) is 0 Å². The van der Waals surface area contributed by atoms with E-state index in [2.05, 4.69) is 151 Å². The second-order valence-corrected chi connectivity index (χ2v) is 10.7. The van der Waals surface area contributed by atoms with Crippen molar-refractivity contribution in [3.05, 3.63) is 158 Å². The van der Waals surface area contributed by atoms with Gasteiger partial charge in [0.15, 0.2) is 0 Å². The fraction of sp³-hybridized carbons (Fsp3) is 0. The van der Waals surface area contributed by atoms with Crippen molar-refractivity contribution < 1.29 is 4.42 Å². The molecule has 1 aromatic heterocycles. The Kier molecular flexibility index (Phi) is 5.82. The molecule has 0 spiro atoms. The number of rotatable bonds is 5. The third-order valence-corrected chi connectivity index (χ3v) is 8.03. The lowest BCUT2D eigenvalue weighted by molar-refractivity contribution is 0.669. The van der Waals surface area contributed by atoms with Gasteiger partial charge in [-0.15, -0.1) is 0 Å². The zero-order valence-electron chi connectivity index (χ0n) is 22.9. The molecule has 0 bridgehead atoms. The number of nitrogens with one attached hydrogen (secondary N) is 1. The van der Waals surface area contributed by atoms with E-state index in [-0.39, 0.29) is 0 Å². The number of hydrogen-bond donors (Lipinski definition) is 1. The third kappa shape index (κ3) is 4.49. The van der Waals surface area contributed by atoms with E-state index in [0.29, 0.717) is 0 Å². The summed E-state index contributed by atoms with van der Waals surface area (Å²) < 4.78 is 6.00. The van der Waals surface area contributed by atoms with Gasteiger partial charge in [0, 0.05) is 22.1 Å². The Morgan fingerprint density at radius 2 is 0.905 bits per heavy atom. The highest BCUT2D eigenvalue weighted by atomic mass is 16.3. The van der Waals surface area contributed by atoms with Gasteiger partial charge in [-0.1, -0.05) is 103 Å². The van der Waals surface area contributed by atoms with Gasteiger partial charge < -0.3 is 9.73 Å². The average Bonchev–Trinajstić information content (AvgIpc) is 3.43. The maximum atomic E-state index is 6.00. The van der Waals surface area contributed by atoms with Crippen molar-refractivity contribution in [3.8, 4) is 33.4 Å². The molecule has 2 nitrogen and oxygen atoms in total. The molecular weight excluding hydrogens is 510 g/mol. The molecule has 0 aliphatic rings. The summed E-state index contributed by atoms with van der Waals surface area (Å²) in [5, 5.41) is 8.31. The van der Waals surface area contributed by atoms with E-state index >= 15 is 0 Å². The van der Waals surface area contributed by atoms with Crippen LogP contribution in [0.2, 0.25) is 0 Å². The predicted octanol–water partition coefficient (Wildman–Crippen LogP) is 11.5. The first-order valence-corrected chi connectivity index (χ1v) is 14.3. The van der Waals surface area contributed by atoms with Crippen LogP contribution in [0.3, 0.4) is 0 Å². The number of hydrogen-bond acceptors (Lipinski definition) is 2. The van der Waals surface area contributed by atoms with Crippen molar-refractivity contribution in [3.63, 3.8) is 0 Å². The van der Waals surface area contributed by atoms with Gasteiger partial charge in [0.05, 0.1) is 0 Å². The molecular formula is C40H27NO. The number of furan rings is 1. The van der Waals surface area contributed by atoms with E-state index in [1.165, 1.54) is 44.2 Å². The van der Waals surface area contributed by atoms with Gasteiger partial charge in [0.25, 0.3) is 0 Å². The van der Waals surface area contributed by atoms with Crippen LogP contribution < -0.4 is 5.32 Å². The first kappa shape index (κ1) is 24.2. The average molecular weight is 538 g/mol. The van der Waals surface area contributed by atoms with E-state index < -0.39 is 0 Å². The SMILES string of the molecule is c1ccc(-c2cccc(-c3ccc4cc(Nc5ccc(-c6ccc7oc8ccccc8c7c6)cc5)ccc4c3)c2)cc1. The van der Waals surface area contributed by atoms with E-state index in [9.17, 15) is 0 Å². The molecule has 0 radical (unpaired) electrons. The molecule has 198 valence electrons. The Labute approximate surface area is 244 Å². The summed E-state index contributed by atoms with van der Waals surface area (Å²) in [4.78, 5) is 0. The summed E-state index contributed by atoms with van der Waals surface area (Å²) in [6, 6.07) is 55.8. The molecule has 0 saturated carbocycles. The molecule has 0 atom stereocenters. The van der Waals surface area contributed by atoms with Crippen LogP contribution in [-0.4, -0.2) is 0 Å². The highest BCUT2D eigenvalue weighted by Crippen LogP contribution is 2.34. The van der Waals surface area contributed by atoms with Crippen molar-refractivity contribution in [2.24, 2.45) is 0 Å². The Bertz CT molecular complexity index is 2210. The summed E-state index contributed by atoms with van der Waals surface area (Å²) in [7, 11) is 0. The molecule has 8 aromatic rings. The third-order valence-electron chi connectivity index (χ3n) is 8.03. The van der Waals surface area contributed by atoms with Gasteiger partial charge in [-0.25, -0.2) is 0 Å². The van der Waals surface area contributed by atoms with Gasteiger partial charge in [0.1, 0.15) is 11.2 Å². The summed E-state index contributed by atoms with van der Waals surface area (Å²) in [5.74, 6) is 0. The summed E-state index contributed by atoms with van der Waals surface area (Å²) in [5.41, 5.74) is 11.2. The molecule has 0 amide bonds. The van der Waals surface area contributed by atoms with E-state index in [0.717, 1.165) is 33.3 Å². The Morgan fingerprint density at radius 3 is 1.79 bits per heavy atom. The minimum absolute atomic E-state index is 0.919. The summed E-state index contributed by atoms with van der Waals surface area (Å²) in [6.45, 7) is 0. The van der Waals surface area contributed by atoms with Crippen molar-refractivity contribution >= 4 is 44.1 Å². The van der Waals surface area contributed by atoms with Crippen LogP contribution in [-0.2, 0) is 0 Å². The fourth-order valence-electron chi connectivity index (χ4n) is 5.83. The highest BCUT2D eigenvalue weighted by Gasteiger charge is 2.09. The number of para-hydroxylation sites is 1. The molecule has 0 fully saturated rings. The minimum Gasteiger partial charge on any atom is -0.456 e. The monoisotopic (exact) mass is 537 g/mol. The molecule has 2 heteroatoms. The molecule has 0 saturated heterocycles. The highest BCUT2D eigenvalue weighted by molar-refractivity contribution is 6.06. The van der Waals surface area contributed by atoms with Crippen molar-refractivity contribution in [1.82, 2.24) is 0 Å². The van der Waals surface area contributed by atoms with Crippen LogP contribution in [0.4, 0.5) is 11.4 Å². The molecule has 0 unspecified atom stereocenters. The lowest BCUT2D eigenvalue weighted by Gasteiger charge is -2.11. The van der Waals surface area contributed by atoms with Crippen molar-refractivity contribution in [2.75, 3.05) is 5.32 Å². The van der Waals surface area contributed by atoms with Gasteiger partial charge in [0.2, 0.25) is 0 Å². The fourth-order valence-corrected chi connectivity index (χ4v) is 5.83. The van der Waals surface area contributed by atoms with Gasteiger partial charge in [-0.2, -0.15) is 0 Å². The Morgan fingerprint density at radius 1 is 0.333 bits per heavy atom. The van der Waals surface area contributed by atoms with E-state index in [1.54, 1.807) is 0 Å². The molecule has 8 rings (SSSR count). The second kappa shape index (κ2) is 10.1. The van der Waals surface area contributed by atoms with Crippen LogP contribution in [0.15, 0.2) is 162 Å². The van der Waals surface area contributed by atoms with Crippen molar-refractivity contribution in [1.29, 1.82) is 0 Å². The van der Waals surface area contributed by atoms with Crippen LogP contribution in [0.1, 0.15) is 0 Å². The van der Waals surface area contributed by atoms with Crippen LogP contribution >= 0.6 is 0 Å². The lowest BCUT2D eigenvalue weighted by Crippen LogP contribution is -1.90. The topological polar surface area (TPSA) is 25.2 Å². The number of benzene rings is 7. The quantitative estimate of drug-likeness (QED) is 0.236. The molecule has 1 heterocycles. The van der Waals surface area contributed by atoms with Crippen LogP contribution in [0, 0.1) is 0 Å². The van der Waals surface area contributed by atoms with Crippen LogP contribution in [0.5, 0.6) is 0 Å². The first-order valence-electron chi connectivity index (χ1n) is 14.3. The van der Waals surface area contributed by atoms with Crippen LogP contribution in [0.25, 0.3) is 66.1 Å². The Balaban J connectivity index is 1.03. The standard InChI is InChI=1S/C40H27NO/c1-2-7-27(8-3-1)29-9-6-10-30(23-29)31-13-14-33-25-36(21-17-32(33)24-31)41-35-19-15-28(16-20-35)34-18-22-40-38(26-34)37-11-4-5-12-39(37)42-40/h1-26,41H. The van der Waals surface area contributed by atoms with E-state index in [1.807, 2.05) is 12.1 Å². The molecule has 42 heavy (non-hydrogen) atoms.